The predicted octanol–water partition coefficient (Wildman–Crippen LogP) is 1.05. The molecule has 0 aromatic rings. The Morgan fingerprint density at radius 3 is 2.53 bits per heavy atom. The molecule has 1 heterocycles. The Morgan fingerprint density at radius 1 is 1.26 bits per heavy atom. The van der Waals surface area contributed by atoms with Crippen LogP contribution in [0.5, 0.6) is 0 Å². The fourth-order valence-corrected chi connectivity index (χ4v) is 3.35. The van der Waals surface area contributed by atoms with Crippen LogP contribution in [0.15, 0.2) is 0 Å². The Bertz CT molecular complexity index is 369. The number of likely N-dealkylation sites (N-methyl/N-ethyl adjacent to an activating group) is 1. The molecular formula is C15H26N4. The normalized spacial score (nSPS) is 32.8. The van der Waals surface area contributed by atoms with Crippen molar-refractivity contribution in [3.05, 3.63) is 0 Å². The second-order valence-corrected chi connectivity index (χ2v) is 6.86. The molecule has 2 unspecified atom stereocenters. The van der Waals surface area contributed by atoms with Gasteiger partial charge in [-0.15, -0.1) is 0 Å². The minimum atomic E-state index is -0.272. The lowest BCUT2D eigenvalue weighted by molar-refractivity contribution is 0.0751. The van der Waals surface area contributed by atoms with Crippen LogP contribution in [0.3, 0.4) is 0 Å². The molecule has 1 aliphatic heterocycles. The van der Waals surface area contributed by atoms with Crippen LogP contribution in [0.25, 0.3) is 0 Å². The van der Waals surface area contributed by atoms with Gasteiger partial charge in [0.25, 0.3) is 0 Å². The van der Waals surface area contributed by atoms with Gasteiger partial charge in [-0.05, 0) is 45.6 Å². The minimum absolute atomic E-state index is 0.272. The first-order valence-electron chi connectivity index (χ1n) is 7.74. The molecule has 1 N–H and O–H groups in total. The van der Waals surface area contributed by atoms with Crippen molar-refractivity contribution in [1.29, 1.82) is 5.26 Å². The second kappa shape index (κ2) is 5.05. The maximum Gasteiger partial charge on any atom is 0.122 e. The van der Waals surface area contributed by atoms with E-state index in [9.17, 15) is 5.26 Å². The van der Waals surface area contributed by atoms with Crippen molar-refractivity contribution in [2.45, 2.75) is 50.2 Å². The minimum Gasteiger partial charge on any atom is -0.304 e. The van der Waals surface area contributed by atoms with Crippen LogP contribution >= 0.6 is 0 Å². The fourth-order valence-electron chi connectivity index (χ4n) is 3.35. The summed E-state index contributed by atoms with van der Waals surface area (Å²) in [5, 5.41) is 13.5. The van der Waals surface area contributed by atoms with E-state index in [0.717, 1.165) is 26.2 Å². The molecule has 3 fully saturated rings. The molecule has 0 amide bonds. The molecule has 0 bridgehead atoms. The van der Waals surface area contributed by atoms with Gasteiger partial charge in [-0.2, -0.15) is 5.26 Å². The maximum absolute atomic E-state index is 9.78. The molecule has 2 aliphatic carbocycles. The molecule has 3 rings (SSSR count). The Hall–Kier alpha value is -0.630. The number of piperazine rings is 1. The Balaban J connectivity index is 1.68. The van der Waals surface area contributed by atoms with E-state index >= 15 is 0 Å². The number of rotatable bonds is 5. The SMILES string of the molecule is CC1CN(C)CCN1CC(C#N)(NC1CC1)C1CC1. The van der Waals surface area contributed by atoms with Gasteiger partial charge in [-0.1, -0.05) is 0 Å². The summed E-state index contributed by atoms with van der Waals surface area (Å²) in [7, 11) is 2.19. The first kappa shape index (κ1) is 13.4. The summed E-state index contributed by atoms with van der Waals surface area (Å²) >= 11 is 0. The Morgan fingerprint density at radius 2 is 2.00 bits per heavy atom. The summed E-state index contributed by atoms with van der Waals surface area (Å²) in [5.41, 5.74) is -0.272. The van der Waals surface area contributed by atoms with Crippen LogP contribution < -0.4 is 5.32 Å². The number of nitrogens with zero attached hydrogens (tertiary/aromatic N) is 3. The van der Waals surface area contributed by atoms with Crippen molar-refractivity contribution < 1.29 is 0 Å². The Kier molecular flexibility index (Phi) is 3.55. The van der Waals surface area contributed by atoms with Crippen LogP contribution in [0.1, 0.15) is 32.6 Å². The third-order valence-corrected chi connectivity index (χ3v) is 4.93. The highest BCUT2D eigenvalue weighted by Crippen LogP contribution is 2.42. The molecule has 106 valence electrons. The molecule has 0 aromatic carbocycles. The van der Waals surface area contributed by atoms with Crippen LogP contribution in [0.2, 0.25) is 0 Å². The molecule has 1 saturated heterocycles. The number of nitriles is 1. The summed E-state index contributed by atoms with van der Waals surface area (Å²) in [6.07, 6.45) is 4.98. The molecule has 0 spiro atoms. The molecule has 19 heavy (non-hydrogen) atoms. The topological polar surface area (TPSA) is 42.3 Å². The van der Waals surface area contributed by atoms with Gasteiger partial charge in [-0.25, -0.2) is 0 Å². The van der Waals surface area contributed by atoms with Crippen LogP contribution in [0.4, 0.5) is 0 Å². The van der Waals surface area contributed by atoms with Crippen molar-refractivity contribution in [2.24, 2.45) is 5.92 Å². The maximum atomic E-state index is 9.78. The molecular weight excluding hydrogens is 236 g/mol. The number of hydrogen-bond donors (Lipinski definition) is 1. The number of hydrogen-bond acceptors (Lipinski definition) is 4. The first-order chi connectivity index (χ1) is 9.13. The van der Waals surface area contributed by atoms with Gasteiger partial charge in [0.15, 0.2) is 0 Å². The first-order valence-corrected chi connectivity index (χ1v) is 7.74. The molecule has 3 aliphatic rings. The Labute approximate surface area is 116 Å². The van der Waals surface area contributed by atoms with E-state index in [4.69, 9.17) is 0 Å². The summed E-state index contributed by atoms with van der Waals surface area (Å²) in [5.74, 6) is 0.588. The van der Waals surface area contributed by atoms with E-state index in [1.165, 1.54) is 25.7 Å². The van der Waals surface area contributed by atoms with Crippen molar-refractivity contribution in [2.75, 3.05) is 33.2 Å². The third kappa shape index (κ3) is 2.94. The van der Waals surface area contributed by atoms with Crippen molar-refractivity contribution in [3.63, 3.8) is 0 Å². The van der Waals surface area contributed by atoms with E-state index in [-0.39, 0.29) is 5.54 Å². The van der Waals surface area contributed by atoms with E-state index in [1.807, 2.05) is 0 Å². The highest BCUT2D eigenvalue weighted by molar-refractivity contribution is 5.19. The zero-order chi connectivity index (χ0) is 13.5. The van der Waals surface area contributed by atoms with E-state index < -0.39 is 0 Å². The standard InChI is InChI=1S/C15H26N4/c1-12-9-18(2)7-8-19(12)11-15(10-16,13-3-4-13)17-14-5-6-14/h12-14,17H,3-9,11H2,1-2H3. The van der Waals surface area contributed by atoms with Crippen molar-refractivity contribution >= 4 is 0 Å². The molecule has 0 radical (unpaired) electrons. The summed E-state index contributed by atoms with van der Waals surface area (Å²) in [6, 6.07) is 3.84. The number of nitrogens with one attached hydrogen (secondary N) is 1. The smallest absolute Gasteiger partial charge is 0.122 e. The lowest BCUT2D eigenvalue weighted by atomic mass is 9.92. The van der Waals surface area contributed by atoms with Crippen molar-refractivity contribution in [3.8, 4) is 6.07 Å². The van der Waals surface area contributed by atoms with Crippen LogP contribution in [0, 0.1) is 17.2 Å². The van der Waals surface area contributed by atoms with E-state index in [2.05, 4.69) is 35.2 Å². The summed E-state index contributed by atoms with van der Waals surface area (Å²) < 4.78 is 0. The zero-order valence-electron chi connectivity index (χ0n) is 12.2. The van der Waals surface area contributed by atoms with E-state index in [1.54, 1.807) is 0 Å². The predicted molar refractivity (Wildman–Crippen MR) is 75.8 cm³/mol. The lowest BCUT2D eigenvalue weighted by Crippen LogP contribution is -2.60. The van der Waals surface area contributed by atoms with Crippen molar-refractivity contribution in [1.82, 2.24) is 15.1 Å². The molecule has 0 aromatic heterocycles. The van der Waals surface area contributed by atoms with Gasteiger partial charge in [0, 0.05) is 38.3 Å². The van der Waals surface area contributed by atoms with Gasteiger partial charge in [-0.3, -0.25) is 10.2 Å². The molecule has 4 nitrogen and oxygen atoms in total. The van der Waals surface area contributed by atoms with Gasteiger partial charge >= 0.3 is 0 Å². The molecule has 2 saturated carbocycles. The highest BCUT2D eigenvalue weighted by atomic mass is 15.3. The van der Waals surface area contributed by atoms with Gasteiger partial charge in [0.05, 0.1) is 6.07 Å². The fraction of sp³-hybridized carbons (Fsp3) is 0.933. The molecule has 4 heteroatoms. The van der Waals surface area contributed by atoms with Crippen LogP contribution in [-0.4, -0.2) is 60.6 Å². The van der Waals surface area contributed by atoms with Gasteiger partial charge in [0.2, 0.25) is 0 Å². The van der Waals surface area contributed by atoms with E-state index in [0.29, 0.717) is 18.0 Å². The third-order valence-electron chi connectivity index (χ3n) is 4.93. The van der Waals surface area contributed by atoms with Gasteiger partial charge in [0.1, 0.15) is 5.54 Å². The van der Waals surface area contributed by atoms with Gasteiger partial charge < -0.3 is 4.90 Å². The highest BCUT2D eigenvalue weighted by Gasteiger charge is 2.49. The quantitative estimate of drug-likeness (QED) is 0.804. The summed E-state index contributed by atoms with van der Waals surface area (Å²) in [6.45, 7) is 6.55. The monoisotopic (exact) mass is 262 g/mol. The molecule has 2 atom stereocenters. The largest absolute Gasteiger partial charge is 0.304 e. The average molecular weight is 262 g/mol. The van der Waals surface area contributed by atoms with Crippen LogP contribution in [-0.2, 0) is 0 Å². The summed E-state index contributed by atoms with van der Waals surface area (Å²) in [4.78, 5) is 4.91. The average Bonchev–Trinajstić information content (AvgIpc) is 3.25. The lowest BCUT2D eigenvalue weighted by Gasteiger charge is -2.42. The zero-order valence-corrected chi connectivity index (χ0v) is 12.2. The second-order valence-electron chi connectivity index (χ2n) is 6.86.